The van der Waals surface area contributed by atoms with Crippen molar-refractivity contribution < 1.29 is 14.3 Å². The fourth-order valence-corrected chi connectivity index (χ4v) is 8.65. The van der Waals surface area contributed by atoms with Gasteiger partial charge >= 0.3 is 6.03 Å². The molecule has 2 aromatic rings. The third-order valence-corrected chi connectivity index (χ3v) is 12.3. The summed E-state index contributed by atoms with van der Waals surface area (Å²) in [6.45, 7) is 15.9. The number of ether oxygens (including phenoxy) is 1. The molecule has 1 fully saturated rings. The van der Waals surface area contributed by atoms with Gasteiger partial charge in [-0.25, -0.2) is 4.79 Å². The molecule has 0 radical (unpaired) electrons. The Morgan fingerprint density at radius 3 is 2.38 bits per heavy atom. The Kier molecular flexibility index (Phi) is 7.09. The first kappa shape index (κ1) is 27.4. The van der Waals surface area contributed by atoms with Crippen LogP contribution in [0.1, 0.15) is 69.8 Å². The van der Waals surface area contributed by atoms with Gasteiger partial charge in [0.25, 0.3) is 0 Å². The van der Waals surface area contributed by atoms with E-state index in [2.05, 4.69) is 54.3 Å². The minimum Gasteiger partial charge on any atom is -0.384 e. The summed E-state index contributed by atoms with van der Waals surface area (Å²) in [4.78, 5) is 29.1. The van der Waals surface area contributed by atoms with Crippen molar-refractivity contribution in [3.8, 4) is 0 Å². The van der Waals surface area contributed by atoms with Crippen LogP contribution in [0.2, 0.25) is 24.7 Å². The topological polar surface area (TPSA) is 99.3 Å². The number of carbonyl (C=O) groups is 2. The normalized spacial score (nSPS) is 19.1. The van der Waals surface area contributed by atoms with Gasteiger partial charge in [-0.1, -0.05) is 70.2 Å². The molecule has 2 heterocycles. The number of fused-ring (bicyclic) bond motifs is 1. The van der Waals surface area contributed by atoms with Gasteiger partial charge in [0.15, 0.2) is 5.82 Å². The lowest BCUT2D eigenvalue weighted by atomic mass is 9.81. The van der Waals surface area contributed by atoms with Crippen LogP contribution in [0.5, 0.6) is 0 Å². The average Bonchev–Trinajstić information content (AvgIpc) is 3.28. The van der Waals surface area contributed by atoms with Gasteiger partial charge in [0, 0.05) is 23.1 Å². The highest BCUT2D eigenvalue weighted by Gasteiger charge is 2.54. The van der Waals surface area contributed by atoms with Crippen LogP contribution >= 0.6 is 0 Å². The number of hydrogen-bond acceptors (Lipinski definition) is 4. The van der Waals surface area contributed by atoms with E-state index in [1.165, 1.54) is 0 Å². The van der Waals surface area contributed by atoms with Crippen LogP contribution in [0.4, 0.5) is 10.6 Å². The molecule has 0 bridgehead atoms. The van der Waals surface area contributed by atoms with Crippen LogP contribution in [0, 0.1) is 5.41 Å². The summed E-state index contributed by atoms with van der Waals surface area (Å²) in [6.07, 6.45) is 2.98. The van der Waals surface area contributed by atoms with E-state index in [9.17, 15) is 9.59 Å². The summed E-state index contributed by atoms with van der Waals surface area (Å²) < 4.78 is 5.50. The summed E-state index contributed by atoms with van der Waals surface area (Å²) in [6, 6.07) is 9.60. The van der Waals surface area contributed by atoms with Crippen molar-refractivity contribution in [3.05, 3.63) is 47.2 Å². The monoisotopic (exact) mass is 525 g/mol. The lowest BCUT2D eigenvalue weighted by molar-refractivity contribution is -0.121. The third-order valence-electron chi connectivity index (χ3n) is 8.72. The Labute approximate surface area is 221 Å². The standard InChI is InChI=1S/C28H43N5O3Si/c1-26(2,18-36-5)21(19-13-10-9-11-14-19)29-25(35)33-17-20-22(27(33,3)4)31-32-23(20)30-24(34)28(15-12-16-28)37(6,7)8/h9-11,13-14,21H,12,15-18H2,1-8H3,(H,29,35)(H2,30,31,32,34). The molecule has 0 saturated heterocycles. The van der Waals surface area contributed by atoms with Crippen molar-refractivity contribution >= 4 is 25.8 Å². The fraction of sp³-hybridized carbons (Fsp3) is 0.607. The molecule has 2 aliphatic rings. The molecule has 1 atom stereocenters. The number of amides is 3. The van der Waals surface area contributed by atoms with E-state index in [0.29, 0.717) is 19.0 Å². The first-order valence-corrected chi connectivity index (χ1v) is 16.8. The number of aromatic nitrogens is 2. The van der Waals surface area contributed by atoms with E-state index < -0.39 is 13.6 Å². The Bertz CT molecular complexity index is 1150. The highest BCUT2D eigenvalue weighted by molar-refractivity contribution is 6.83. The molecule has 37 heavy (non-hydrogen) atoms. The highest BCUT2D eigenvalue weighted by atomic mass is 28.3. The second-order valence-corrected chi connectivity index (χ2v) is 18.4. The molecule has 1 saturated carbocycles. The van der Waals surface area contributed by atoms with Gasteiger partial charge in [-0.15, -0.1) is 0 Å². The molecular weight excluding hydrogens is 482 g/mol. The third kappa shape index (κ3) is 4.72. The van der Waals surface area contributed by atoms with Crippen molar-refractivity contribution in [1.82, 2.24) is 20.4 Å². The number of nitrogens with one attached hydrogen (secondary N) is 3. The maximum absolute atomic E-state index is 13.8. The van der Waals surface area contributed by atoms with Gasteiger partial charge in [-0.3, -0.25) is 9.89 Å². The average molecular weight is 526 g/mol. The van der Waals surface area contributed by atoms with Crippen molar-refractivity contribution in [1.29, 1.82) is 0 Å². The molecule has 3 amide bonds. The molecule has 4 rings (SSSR count). The van der Waals surface area contributed by atoms with Crippen LogP contribution in [0.15, 0.2) is 30.3 Å². The maximum atomic E-state index is 13.8. The molecule has 0 spiro atoms. The van der Waals surface area contributed by atoms with Crippen LogP contribution in [0.25, 0.3) is 0 Å². The summed E-state index contributed by atoms with van der Waals surface area (Å²) in [5.74, 6) is 0.630. The Morgan fingerprint density at radius 2 is 1.84 bits per heavy atom. The number of nitrogens with zero attached hydrogens (tertiary/aromatic N) is 2. The lowest BCUT2D eigenvalue weighted by Gasteiger charge is -2.48. The number of methoxy groups -OCH3 is 1. The van der Waals surface area contributed by atoms with Gasteiger partial charge in [0.1, 0.15) is 0 Å². The molecule has 1 unspecified atom stereocenters. The first-order valence-electron chi connectivity index (χ1n) is 13.3. The van der Waals surface area contributed by atoms with E-state index in [1.54, 1.807) is 7.11 Å². The van der Waals surface area contributed by atoms with Crippen LogP contribution in [-0.4, -0.2) is 48.8 Å². The minimum atomic E-state index is -1.72. The summed E-state index contributed by atoms with van der Waals surface area (Å²) in [5.41, 5.74) is 1.82. The Balaban J connectivity index is 1.56. The van der Waals surface area contributed by atoms with Gasteiger partial charge < -0.3 is 20.3 Å². The molecule has 1 aromatic heterocycles. The Morgan fingerprint density at radius 1 is 1.19 bits per heavy atom. The largest absolute Gasteiger partial charge is 0.384 e. The zero-order valence-corrected chi connectivity index (χ0v) is 24.6. The quantitative estimate of drug-likeness (QED) is 0.380. The number of urea groups is 1. The second kappa shape index (κ2) is 9.58. The van der Waals surface area contributed by atoms with Crippen molar-refractivity contribution in [3.63, 3.8) is 0 Å². The Hall–Kier alpha value is -2.65. The molecule has 3 N–H and O–H groups in total. The predicted octanol–water partition coefficient (Wildman–Crippen LogP) is 5.78. The molecule has 1 aliphatic carbocycles. The van der Waals surface area contributed by atoms with Crippen molar-refractivity contribution in [2.45, 2.75) is 89.8 Å². The molecule has 9 heteroatoms. The maximum Gasteiger partial charge on any atom is 0.318 e. The smallest absolute Gasteiger partial charge is 0.318 e. The van der Waals surface area contributed by atoms with E-state index >= 15 is 0 Å². The predicted molar refractivity (Wildman–Crippen MR) is 149 cm³/mol. The van der Waals surface area contributed by atoms with Crippen LogP contribution in [-0.2, 0) is 21.6 Å². The molecule has 1 aromatic carbocycles. The minimum absolute atomic E-state index is 0.0818. The molecule has 202 valence electrons. The zero-order chi connectivity index (χ0) is 27.2. The van der Waals surface area contributed by atoms with Crippen molar-refractivity contribution in [2.24, 2.45) is 5.41 Å². The molecule has 1 aliphatic heterocycles. The number of aromatic amines is 1. The fourth-order valence-electron chi connectivity index (χ4n) is 6.05. The summed E-state index contributed by atoms with van der Waals surface area (Å²) >= 11 is 0. The SMILES string of the molecule is COCC(C)(C)C(NC(=O)N1Cc2c(NC(=O)C3([Si](C)(C)C)CCC3)n[nH]c2C1(C)C)c1ccccc1. The number of H-pyrrole nitrogens is 1. The van der Waals surface area contributed by atoms with E-state index in [-0.39, 0.29) is 28.4 Å². The van der Waals surface area contributed by atoms with Crippen molar-refractivity contribution in [2.75, 3.05) is 19.0 Å². The zero-order valence-electron chi connectivity index (χ0n) is 23.6. The van der Waals surface area contributed by atoms with E-state index in [0.717, 1.165) is 36.1 Å². The summed E-state index contributed by atoms with van der Waals surface area (Å²) in [7, 11) is -0.0353. The van der Waals surface area contributed by atoms with Crippen LogP contribution in [0.3, 0.4) is 0 Å². The molecular formula is C28H43N5O3Si. The lowest BCUT2D eigenvalue weighted by Crippen LogP contribution is -2.52. The van der Waals surface area contributed by atoms with Gasteiger partial charge in [0.05, 0.1) is 38.5 Å². The summed E-state index contributed by atoms with van der Waals surface area (Å²) in [5, 5.41) is 13.8. The van der Waals surface area contributed by atoms with Gasteiger partial charge in [0.2, 0.25) is 5.91 Å². The second-order valence-electron chi connectivity index (χ2n) is 12.9. The number of benzene rings is 1. The van der Waals surface area contributed by atoms with E-state index in [1.807, 2.05) is 49.1 Å². The van der Waals surface area contributed by atoms with E-state index in [4.69, 9.17) is 4.74 Å². The number of rotatable bonds is 8. The van der Waals surface area contributed by atoms with Gasteiger partial charge in [-0.2, -0.15) is 5.10 Å². The number of anilines is 1. The molecule has 8 nitrogen and oxygen atoms in total. The first-order chi connectivity index (χ1) is 17.2. The van der Waals surface area contributed by atoms with Crippen LogP contribution < -0.4 is 10.6 Å². The number of carbonyl (C=O) groups excluding carboxylic acids is 2. The highest BCUT2D eigenvalue weighted by Crippen LogP contribution is 2.56. The van der Waals surface area contributed by atoms with Gasteiger partial charge in [-0.05, 0) is 32.3 Å². The number of hydrogen-bond donors (Lipinski definition) is 3.